The van der Waals surface area contributed by atoms with Crippen molar-refractivity contribution in [3.8, 4) is 11.5 Å². The zero-order valence-electron chi connectivity index (χ0n) is 12.8. The molecular formula is C17H24BrClO2. The van der Waals surface area contributed by atoms with Gasteiger partial charge in [-0.1, -0.05) is 13.3 Å². The maximum absolute atomic E-state index is 6.25. The van der Waals surface area contributed by atoms with Gasteiger partial charge in [-0.3, -0.25) is 0 Å². The van der Waals surface area contributed by atoms with Crippen molar-refractivity contribution in [2.24, 2.45) is 5.92 Å². The van der Waals surface area contributed by atoms with Crippen molar-refractivity contribution < 1.29 is 9.47 Å². The van der Waals surface area contributed by atoms with Crippen LogP contribution in [0.4, 0.5) is 0 Å². The van der Waals surface area contributed by atoms with Gasteiger partial charge in [-0.05, 0) is 72.2 Å². The van der Waals surface area contributed by atoms with Crippen molar-refractivity contribution in [2.45, 2.75) is 57.9 Å². The van der Waals surface area contributed by atoms with E-state index in [0.717, 1.165) is 40.3 Å². The molecule has 0 radical (unpaired) electrons. The predicted molar refractivity (Wildman–Crippen MR) is 91.5 cm³/mol. The van der Waals surface area contributed by atoms with Crippen LogP contribution in [-0.2, 0) is 5.88 Å². The van der Waals surface area contributed by atoms with E-state index in [4.69, 9.17) is 21.1 Å². The Hall–Kier alpha value is -0.410. The predicted octanol–water partition coefficient (Wildman–Crippen LogP) is 5.93. The molecule has 0 atom stereocenters. The van der Waals surface area contributed by atoms with E-state index < -0.39 is 0 Å². The van der Waals surface area contributed by atoms with Crippen molar-refractivity contribution in [3.63, 3.8) is 0 Å². The van der Waals surface area contributed by atoms with E-state index in [0.29, 0.717) is 18.6 Å². The van der Waals surface area contributed by atoms with Crippen molar-refractivity contribution in [3.05, 3.63) is 22.2 Å². The van der Waals surface area contributed by atoms with Gasteiger partial charge in [-0.25, -0.2) is 0 Å². The van der Waals surface area contributed by atoms with Crippen molar-refractivity contribution in [2.75, 3.05) is 6.61 Å². The van der Waals surface area contributed by atoms with Gasteiger partial charge < -0.3 is 9.47 Å². The number of alkyl halides is 1. The summed E-state index contributed by atoms with van der Waals surface area (Å²) in [7, 11) is 0. The summed E-state index contributed by atoms with van der Waals surface area (Å²) >= 11 is 9.53. The summed E-state index contributed by atoms with van der Waals surface area (Å²) in [6.07, 6.45) is 6.38. The van der Waals surface area contributed by atoms with Crippen LogP contribution in [0.1, 0.15) is 51.5 Å². The van der Waals surface area contributed by atoms with Gasteiger partial charge in [0.1, 0.15) is 0 Å². The molecule has 1 aromatic rings. The summed E-state index contributed by atoms with van der Waals surface area (Å²) in [6.45, 7) is 4.88. The summed E-state index contributed by atoms with van der Waals surface area (Å²) < 4.78 is 12.9. The Labute approximate surface area is 141 Å². The first-order valence-electron chi connectivity index (χ1n) is 7.85. The Balaban J connectivity index is 2.11. The smallest absolute Gasteiger partial charge is 0.175 e. The van der Waals surface area contributed by atoms with E-state index >= 15 is 0 Å². The first-order chi connectivity index (χ1) is 10.2. The fourth-order valence-corrected chi connectivity index (χ4v) is 3.64. The highest BCUT2D eigenvalue weighted by molar-refractivity contribution is 9.10. The Bertz CT molecular complexity index is 456. The molecular weight excluding hydrogens is 352 g/mol. The van der Waals surface area contributed by atoms with Crippen LogP contribution in [0.25, 0.3) is 0 Å². The number of ether oxygens (including phenoxy) is 2. The average molecular weight is 376 g/mol. The Morgan fingerprint density at radius 2 is 1.90 bits per heavy atom. The van der Waals surface area contributed by atoms with Gasteiger partial charge in [-0.2, -0.15) is 0 Å². The molecule has 0 unspecified atom stereocenters. The van der Waals surface area contributed by atoms with E-state index in [1.165, 1.54) is 19.3 Å². The van der Waals surface area contributed by atoms with Crippen LogP contribution >= 0.6 is 27.5 Å². The second kappa shape index (κ2) is 8.28. The van der Waals surface area contributed by atoms with Gasteiger partial charge in [-0.15, -0.1) is 11.6 Å². The van der Waals surface area contributed by atoms with E-state index in [9.17, 15) is 0 Å². The third-order valence-electron chi connectivity index (χ3n) is 4.18. The molecule has 0 aromatic heterocycles. The SMILES string of the molecule is CCOc1cc(CCl)cc(Br)c1OC1CCC(CC)CC1. The van der Waals surface area contributed by atoms with Gasteiger partial charge in [0.15, 0.2) is 11.5 Å². The molecule has 1 fully saturated rings. The van der Waals surface area contributed by atoms with Gasteiger partial charge >= 0.3 is 0 Å². The largest absolute Gasteiger partial charge is 0.490 e. The Morgan fingerprint density at radius 1 is 1.19 bits per heavy atom. The van der Waals surface area contributed by atoms with Gasteiger partial charge in [0.2, 0.25) is 0 Å². The lowest BCUT2D eigenvalue weighted by Gasteiger charge is -2.29. The fourth-order valence-electron chi connectivity index (χ4n) is 2.90. The topological polar surface area (TPSA) is 18.5 Å². The second-order valence-corrected chi connectivity index (χ2v) is 6.76. The van der Waals surface area contributed by atoms with Crippen LogP contribution in [-0.4, -0.2) is 12.7 Å². The lowest BCUT2D eigenvalue weighted by atomic mass is 9.86. The number of hydrogen-bond acceptors (Lipinski definition) is 2. The monoisotopic (exact) mass is 374 g/mol. The molecule has 2 rings (SSSR count). The molecule has 0 heterocycles. The molecule has 0 spiro atoms. The van der Waals surface area contributed by atoms with Gasteiger partial charge in [0.25, 0.3) is 0 Å². The normalized spacial score (nSPS) is 22.1. The van der Waals surface area contributed by atoms with E-state index in [-0.39, 0.29) is 0 Å². The highest BCUT2D eigenvalue weighted by Crippen LogP contribution is 2.40. The van der Waals surface area contributed by atoms with E-state index in [1.807, 2.05) is 19.1 Å². The Morgan fingerprint density at radius 3 is 2.48 bits per heavy atom. The van der Waals surface area contributed by atoms with Gasteiger partial charge in [0, 0.05) is 5.88 Å². The first-order valence-corrected chi connectivity index (χ1v) is 9.18. The summed E-state index contributed by atoms with van der Waals surface area (Å²) in [6, 6.07) is 4.00. The van der Waals surface area contributed by atoms with Crippen LogP contribution in [0.2, 0.25) is 0 Å². The first kappa shape index (κ1) is 17.0. The number of hydrogen-bond donors (Lipinski definition) is 0. The molecule has 21 heavy (non-hydrogen) atoms. The molecule has 0 bridgehead atoms. The molecule has 1 aliphatic carbocycles. The zero-order valence-corrected chi connectivity index (χ0v) is 15.2. The quantitative estimate of drug-likeness (QED) is 0.573. The maximum Gasteiger partial charge on any atom is 0.175 e. The molecule has 118 valence electrons. The summed E-state index contributed by atoms with van der Waals surface area (Å²) in [5.41, 5.74) is 1.04. The van der Waals surface area contributed by atoms with E-state index in [1.54, 1.807) is 0 Å². The molecule has 0 amide bonds. The lowest BCUT2D eigenvalue weighted by Crippen LogP contribution is -2.24. The summed E-state index contributed by atoms with van der Waals surface area (Å²) in [5.74, 6) is 2.96. The number of halogens is 2. The summed E-state index contributed by atoms with van der Waals surface area (Å²) in [5, 5.41) is 0. The molecule has 2 nitrogen and oxygen atoms in total. The fraction of sp³-hybridized carbons (Fsp3) is 0.647. The van der Waals surface area contributed by atoms with Crippen molar-refractivity contribution in [1.82, 2.24) is 0 Å². The molecule has 1 aromatic carbocycles. The Kier molecular flexibility index (Phi) is 6.69. The molecule has 1 saturated carbocycles. The number of benzene rings is 1. The van der Waals surface area contributed by atoms with Crippen LogP contribution in [0, 0.1) is 5.92 Å². The van der Waals surface area contributed by atoms with E-state index in [2.05, 4.69) is 22.9 Å². The second-order valence-electron chi connectivity index (χ2n) is 5.64. The average Bonchev–Trinajstić information content (AvgIpc) is 2.51. The number of rotatable bonds is 6. The highest BCUT2D eigenvalue weighted by Gasteiger charge is 2.23. The third kappa shape index (κ3) is 4.53. The minimum absolute atomic E-state index is 0.296. The molecule has 0 saturated heterocycles. The molecule has 4 heteroatoms. The van der Waals surface area contributed by atoms with Crippen LogP contribution in [0.5, 0.6) is 11.5 Å². The van der Waals surface area contributed by atoms with Crippen LogP contribution < -0.4 is 9.47 Å². The lowest BCUT2D eigenvalue weighted by molar-refractivity contribution is 0.124. The van der Waals surface area contributed by atoms with Crippen LogP contribution in [0.15, 0.2) is 16.6 Å². The summed E-state index contributed by atoms with van der Waals surface area (Å²) in [4.78, 5) is 0. The zero-order chi connectivity index (χ0) is 15.2. The maximum atomic E-state index is 6.25. The minimum atomic E-state index is 0.296. The van der Waals surface area contributed by atoms with Crippen LogP contribution in [0.3, 0.4) is 0 Å². The molecule has 1 aliphatic rings. The van der Waals surface area contributed by atoms with Gasteiger partial charge in [0.05, 0.1) is 17.2 Å². The standard InChI is InChI=1S/C17H24BrClO2/c1-3-12-5-7-14(8-6-12)21-17-15(18)9-13(11-19)10-16(17)20-4-2/h9-10,12,14H,3-8,11H2,1-2H3. The third-order valence-corrected chi connectivity index (χ3v) is 5.08. The molecule has 0 aliphatic heterocycles. The van der Waals surface area contributed by atoms with Crippen molar-refractivity contribution >= 4 is 27.5 Å². The minimum Gasteiger partial charge on any atom is -0.490 e. The molecule has 0 N–H and O–H groups in total. The van der Waals surface area contributed by atoms with Crippen molar-refractivity contribution in [1.29, 1.82) is 0 Å². The highest BCUT2D eigenvalue weighted by atomic mass is 79.9.